The Morgan fingerprint density at radius 2 is 1.96 bits per heavy atom. The molecule has 1 amide bonds. The van der Waals surface area contributed by atoms with Crippen molar-refractivity contribution in [3.05, 3.63) is 59.2 Å². The van der Waals surface area contributed by atoms with Gasteiger partial charge in [0, 0.05) is 5.56 Å². The fraction of sp³-hybridized carbons (Fsp3) is 0.364. The molecule has 6 heteroatoms. The first-order chi connectivity index (χ1) is 13.6. The second-order valence-electron chi connectivity index (χ2n) is 7.35. The van der Waals surface area contributed by atoms with Crippen LogP contribution in [0.15, 0.2) is 42.5 Å². The number of carbonyl (C=O) groups excluding carboxylic acids is 1. The number of morpholine rings is 1. The normalized spacial score (nSPS) is 15.1. The fourth-order valence-corrected chi connectivity index (χ4v) is 4.54. The van der Waals surface area contributed by atoms with Crippen LogP contribution in [0.3, 0.4) is 0 Å². The summed E-state index contributed by atoms with van der Waals surface area (Å²) in [4.78, 5) is 21.6. The van der Waals surface area contributed by atoms with Gasteiger partial charge in [-0.05, 0) is 37.6 Å². The van der Waals surface area contributed by atoms with Crippen LogP contribution in [0.4, 0.5) is 5.13 Å². The number of aryl methyl sites for hydroxylation is 2. The van der Waals surface area contributed by atoms with Crippen molar-refractivity contribution in [3.63, 3.8) is 0 Å². The average molecular weight is 397 g/mol. The molecule has 5 nitrogen and oxygen atoms in total. The van der Waals surface area contributed by atoms with Crippen molar-refractivity contribution < 1.29 is 14.4 Å². The molecule has 0 aliphatic carbocycles. The molecular weight excluding hydrogens is 370 g/mol. The molecular formula is C22H26N3O2S+. The van der Waals surface area contributed by atoms with Gasteiger partial charge in [0.1, 0.15) is 13.1 Å². The third-order valence-electron chi connectivity index (χ3n) is 5.27. The molecule has 1 fully saturated rings. The fourth-order valence-electron chi connectivity index (χ4n) is 3.55. The molecule has 0 saturated carbocycles. The molecule has 0 unspecified atom stereocenters. The molecule has 4 rings (SSSR count). The van der Waals surface area contributed by atoms with Gasteiger partial charge in [-0.15, -0.1) is 0 Å². The molecule has 28 heavy (non-hydrogen) atoms. The first-order valence-electron chi connectivity index (χ1n) is 9.78. The van der Waals surface area contributed by atoms with Crippen molar-refractivity contribution in [2.24, 2.45) is 0 Å². The molecule has 0 spiro atoms. The van der Waals surface area contributed by atoms with E-state index in [1.165, 1.54) is 4.90 Å². The quantitative estimate of drug-likeness (QED) is 0.721. The van der Waals surface area contributed by atoms with Gasteiger partial charge >= 0.3 is 0 Å². The Kier molecular flexibility index (Phi) is 5.71. The Morgan fingerprint density at radius 1 is 1.18 bits per heavy atom. The Labute approximate surface area is 169 Å². The lowest BCUT2D eigenvalue weighted by atomic mass is 10.0. The summed E-state index contributed by atoms with van der Waals surface area (Å²) < 4.78 is 6.57. The maximum absolute atomic E-state index is 13.5. The van der Waals surface area contributed by atoms with Crippen LogP contribution >= 0.6 is 11.3 Å². The summed E-state index contributed by atoms with van der Waals surface area (Å²) in [5.41, 5.74) is 3.80. The number of para-hydroxylation sites is 1. The van der Waals surface area contributed by atoms with Gasteiger partial charge in [-0.2, -0.15) is 0 Å². The molecule has 2 aromatic carbocycles. The van der Waals surface area contributed by atoms with Crippen LogP contribution in [0.2, 0.25) is 0 Å². The van der Waals surface area contributed by atoms with E-state index in [2.05, 4.69) is 6.07 Å². The van der Waals surface area contributed by atoms with Crippen molar-refractivity contribution in [3.8, 4) is 0 Å². The van der Waals surface area contributed by atoms with E-state index in [1.807, 2.05) is 55.1 Å². The van der Waals surface area contributed by atoms with E-state index in [0.717, 1.165) is 64.9 Å². The SMILES string of the molecule is Cc1ccc(C)c(C(=O)N(CC[NH+]2CCOCC2)c2nc3ccccc3s2)c1. The third-order valence-corrected chi connectivity index (χ3v) is 6.33. The number of benzene rings is 2. The number of rotatable bonds is 5. The highest BCUT2D eigenvalue weighted by atomic mass is 32.1. The second-order valence-corrected chi connectivity index (χ2v) is 8.36. The first-order valence-corrected chi connectivity index (χ1v) is 10.6. The standard InChI is InChI=1S/C22H25N3O2S/c1-16-7-8-17(2)18(15-16)21(26)25(10-9-24-11-13-27-14-12-24)22-23-19-5-3-4-6-20(19)28-22/h3-8,15H,9-14H2,1-2H3/p+1. The number of hydrogen-bond acceptors (Lipinski definition) is 4. The molecule has 1 aromatic heterocycles. The van der Waals surface area contributed by atoms with Crippen LogP contribution in [-0.2, 0) is 4.74 Å². The van der Waals surface area contributed by atoms with Crippen molar-refractivity contribution >= 4 is 32.6 Å². The number of ether oxygens (including phenoxy) is 1. The van der Waals surface area contributed by atoms with E-state index in [0.29, 0.717) is 6.54 Å². The van der Waals surface area contributed by atoms with Crippen molar-refractivity contribution in [1.82, 2.24) is 4.98 Å². The number of anilines is 1. The molecule has 146 valence electrons. The van der Waals surface area contributed by atoms with Gasteiger partial charge in [-0.1, -0.05) is 41.2 Å². The van der Waals surface area contributed by atoms with Crippen LogP contribution in [0.1, 0.15) is 21.5 Å². The zero-order valence-corrected chi connectivity index (χ0v) is 17.2. The minimum Gasteiger partial charge on any atom is -0.370 e. The molecule has 0 bridgehead atoms. The maximum Gasteiger partial charge on any atom is 0.260 e. The number of carbonyl (C=O) groups is 1. The summed E-state index contributed by atoms with van der Waals surface area (Å²) in [6.45, 7) is 9.14. The van der Waals surface area contributed by atoms with E-state index >= 15 is 0 Å². The molecule has 2 heterocycles. The Bertz CT molecular complexity index is 946. The zero-order chi connectivity index (χ0) is 19.5. The topological polar surface area (TPSA) is 46.9 Å². The summed E-state index contributed by atoms with van der Waals surface area (Å²) in [7, 11) is 0. The van der Waals surface area contributed by atoms with E-state index in [-0.39, 0.29) is 5.91 Å². The van der Waals surface area contributed by atoms with Gasteiger partial charge in [-0.3, -0.25) is 9.69 Å². The number of thiazole rings is 1. The minimum atomic E-state index is 0.0351. The number of nitrogens with one attached hydrogen (secondary N) is 1. The number of nitrogens with zero attached hydrogens (tertiary/aromatic N) is 2. The number of fused-ring (bicyclic) bond motifs is 1. The summed E-state index contributed by atoms with van der Waals surface area (Å²) in [5.74, 6) is 0.0351. The lowest BCUT2D eigenvalue weighted by Gasteiger charge is -2.27. The van der Waals surface area contributed by atoms with Gasteiger partial charge in [0.05, 0.1) is 36.5 Å². The summed E-state index contributed by atoms with van der Waals surface area (Å²) in [6.07, 6.45) is 0. The predicted octanol–water partition coefficient (Wildman–Crippen LogP) is 2.48. The van der Waals surface area contributed by atoms with Gasteiger partial charge in [-0.25, -0.2) is 4.98 Å². The van der Waals surface area contributed by atoms with Gasteiger partial charge in [0.2, 0.25) is 0 Å². The Morgan fingerprint density at radius 3 is 2.75 bits per heavy atom. The molecule has 1 N–H and O–H groups in total. The van der Waals surface area contributed by atoms with Crippen LogP contribution in [0.25, 0.3) is 10.2 Å². The van der Waals surface area contributed by atoms with Gasteiger partial charge < -0.3 is 9.64 Å². The summed E-state index contributed by atoms with van der Waals surface area (Å²) in [5, 5.41) is 0.778. The van der Waals surface area contributed by atoms with Gasteiger partial charge in [0.15, 0.2) is 5.13 Å². The predicted molar refractivity (Wildman–Crippen MR) is 114 cm³/mol. The first kappa shape index (κ1) is 19.1. The van der Waals surface area contributed by atoms with E-state index in [9.17, 15) is 4.79 Å². The number of amides is 1. The lowest BCUT2D eigenvalue weighted by Crippen LogP contribution is -3.14. The van der Waals surface area contributed by atoms with Crippen molar-refractivity contribution in [1.29, 1.82) is 0 Å². The van der Waals surface area contributed by atoms with E-state index in [1.54, 1.807) is 11.3 Å². The van der Waals surface area contributed by atoms with Crippen molar-refractivity contribution in [2.45, 2.75) is 13.8 Å². The highest BCUT2D eigenvalue weighted by Crippen LogP contribution is 2.29. The second kappa shape index (κ2) is 8.39. The molecule has 0 atom stereocenters. The van der Waals surface area contributed by atoms with Crippen molar-refractivity contribution in [2.75, 3.05) is 44.3 Å². The maximum atomic E-state index is 13.5. The molecule has 0 radical (unpaired) electrons. The van der Waals surface area contributed by atoms with Gasteiger partial charge in [0.25, 0.3) is 5.91 Å². The molecule has 1 aliphatic rings. The van der Waals surface area contributed by atoms with E-state index in [4.69, 9.17) is 9.72 Å². The molecule has 1 aliphatic heterocycles. The largest absolute Gasteiger partial charge is 0.370 e. The van der Waals surface area contributed by atoms with E-state index < -0.39 is 0 Å². The lowest BCUT2D eigenvalue weighted by molar-refractivity contribution is -0.906. The van der Waals surface area contributed by atoms with Crippen LogP contribution in [0, 0.1) is 13.8 Å². The Balaban J connectivity index is 1.65. The van der Waals surface area contributed by atoms with Crippen LogP contribution in [-0.4, -0.2) is 50.3 Å². The highest BCUT2D eigenvalue weighted by molar-refractivity contribution is 7.22. The van der Waals surface area contributed by atoms with Crippen LogP contribution in [0.5, 0.6) is 0 Å². The summed E-state index contributed by atoms with van der Waals surface area (Å²) >= 11 is 1.59. The third kappa shape index (κ3) is 4.09. The molecule has 1 saturated heterocycles. The minimum absolute atomic E-state index is 0.0351. The molecule has 3 aromatic rings. The van der Waals surface area contributed by atoms with Crippen LogP contribution < -0.4 is 9.80 Å². The highest BCUT2D eigenvalue weighted by Gasteiger charge is 2.25. The number of quaternary nitrogens is 1. The monoisotopic (exact) mass is 396 g/mol. The summed E-state index contributed by atoms with van der Waals surface area (Å²) in [6, 6.07) is 14.1. The Hall–Kier alpha value is -2.28. The smallest absolute Gasteiger partial charge is 0.260 e. The zero-order valence-electron chi connectivity index (χ0n) is 16.4. The number of hydrogen-bond donors (Lipinski definition) is 1. The average Bonchev–Trinajstić information content (AvgIpc) is 3.14. The number of aromatic nitrogens is 1.